The molecule has 0 aromatic heterocycles. The molecular formula is C10H8ClNO3S. The molecule has 0 saturated heterocycles. The van der Waals surface area contributed by atoms with Gasteiger partial charge < -0.3 is 0 Å². The van der Waals surface area contributed by atoms with Gasteiger partial charge in [-0.25, -0.2) is 8.42 Å². The Morgan fingerprint density at radius 3 is 2.50 bits per heavy atom. The van der Waals surface area contributed by atoms with Crippen molar-refractivity contribution in [2.45, 2.75) is 18.2 Å². The molecule has 0 amide bonds. The zero-order chi connectivity index (χ0) is 12.3. The number of aldehydes is 1. The second kappa shape index (κ2) is 4.64. The van der Waals surface area contributed by atoms with Crippen LogP contribution in [-0.2, 0) is 15.5 Å². The molecule has 0 saturated carbocycles. The molecule has 6 heteroatoms. The number of carbonyl (C=O) groups excluding carboxylic acids is 1. The van der Waals surface area contributed by atoms with Crippen LogP contribution in [0.4, 0.5) is 0 Å². The van der Waals surface area contributed by atoms with Crippen molar-refractivity contribution in [3.05, 3.63) is 28.8 Å². The van der Waals surface area contributed by atoms with E-state index in [9.17, 15) is 13.2 Å². The maximum atomic E-state index is 11.2. The van der Waals surface area contributed by atoms with Crippen LogP contribution in [0.2, 0.25) is 0 Å². The Labute approximate surface area is 97.9 Å². The highest BCUT2D eigenvalue weighted by molar-refractivity contribution is 8.13. The van der Waals surface area contributed by atoms with Crippen LogP contribution in [0.5, 0.6) is 0 Å². The van der Waals surface area contributed by atoms with Gasteiger partial charge in [-0.15, -0.1) is 0 Å². The summed E-state index contributed by atoms with van der Waals surface area (Å²) in [4.78, 5) is 10.5. The predicted molar refractivity (Wildman–Crippen MR) is 59.0 cm³/mol. The van der Waals surface area contributed by atoms with Gasteiger partial charge >= 0.3 is 0 Å². The van der Waals surface area contributed by atoms with Crippen molar-refractivity contribution >= 4 is 26.0 Å². The van der Waals surface area contributed by atoms with Crippen molar-refractivity contribution in [1.29, 1.82) is 5.26 Å². The molecule has 0 heterocycles. The maximum absolute atomic E-state index is 11.2. The smallest absolute Gasteiger partial charge is 0.262 e. The van der Waals surface area contributed by atoms with E-state index < -0.39 is 9.05 Å². The molecule has 0 spiro atoms. The first-order valence-electron chi connectivity index (χ1n) is 4.41. The molecule has 0 aliphatic rings. The van der Waals surface area contributed by atoms with Crippen LogP contribution in [0.1, 0.15) is 28.4 Å². The molecule has 0 radical (unpaired) electrons. The summed E-state index contributed by atoms with van der Waals surface area (Å²) in [5.41, 5.74) is 0.741. The monoisotopic (exact) mass is 257 g/mol. The highest BCUT2D eigenvalue weighted by Crippen LogP contribution is 2.23. The fraction of sp³-hybridized carbons (Fsp3) is 0.200. The normalized spacial score (nSPS) is 10.8. The largest absolute Gasteiger partial charge is 0.298 e. The molecule has 0 unspecified atom stereocenters. The van der Waals surface area contributed by atoms with E-state index in [1.54, 1.807) is 6.92 Å². The second-order valence-corrected chi connectivity index (χ2v) is 5.60. The van der Waals surface area contributed by atoms with Crippen molar-refractivity contribution in [3.63, 3.8) is 0 Å². The Balaban J connectivity index is 3.65. The molecule has 1 aromatic carbocycles. The zero-order valence-corrected chi connectivity index (χ0v) is 9.97. The molecule has 1 aromatic rings. The molecule has 0 fully saturated rings. The molecular weight excluding hydrogens is 250 g/mol. The molecule has 16 heavy (non-hydrogen) atoms. The van der Waals surface area contributed by atoms with E-state index in [4.69, 9.17) is 15.9 Å². The molecule has 0 aliphatic heterocycles. The number of halogens is 1. The summed E-state index contributed by atoms with van der Waals surface area (Å²) >= 11 is 0. The van der Waals surface area contributed by atoms with Crippen molar-refractivity contribution in [2.24, 2.45) is 0 Å². The van der Waals surface area contributed by atoms with E-state index in [0.717, 1.165) is 0 Å². The molecule has 0 bridgehead atoms. The third-order valence-electron chi connectivity index (χ3n) is 2.13. The number of hydrogen-bond acceptors (Lipinski definition) is 4. The SMILES string of the molecule is CCc1cc(S(=O)(=O)Cl)c(C=O)cc1C#N. The summed E-state index contributed by atoms with van der Waals surface area (Å²) in [6, 6.07) is 4.41. The van der Waals surface area contributed by atoms with E-state index in [2.05, 4.69) is 0 Å². The minimum absolute atomic E-state index is 0.0937. The Hall–Kier alpha value is -1.38. The van der Waals surface area contributed by atoms with Crippen LogP contribution >= 0.6 is 10.7 Å². The molecule has 84 valence electrons. The highest BCUT2D eigenvalue weighted by atomic mass is 35.7. The number of benzene rings is 1. The Bertz CT molecular complexity index is 572. The first-order chi connectivity index (χ1) is 7.43. The fourth-order valence-corrected chi connectivity index (χ4v) is 2.41. The first kappa shape index (κ1) is 12.7. The summed E-state index contributed by atoms with van der Waals surface area (Å²) in [6.07, 6.45) is 0.858. The number of rotatable bonds is 3. The third-order valence-corrected chi connectivity index (χ3v) is 3.50. The fourth-order valence-electron chi connectivity index (χ4n) is 1.34. The van der Waals surface area contributed by atoms with E-state index in [-0.39, 0.29) is 16.0 Å². The average Bonchev–Trinajstić information content (AvgIpc) is 2.25. The summed E-state index contributed by atoms with van der Waals surface area (Å²) in [7, 11) is 1.23. The van der Waals surface area contributed by atoms with E-state index in [0.29, 0.717) is 18.3 Å². The number of carbonyl (C=O) groups is 1. The third kappa shape index (κ3) is 2.40. The number of nitrogens with zero attached hydrogens (tertiary/aromatic N) is 1. The highest BCUT2D eigenvalue weighted by Gasteiger charge is 2.18. The van der Waals surface area contributed by atoms with Gasteiger partial charge in [0.25, 0.3) is 9.05 Å². The first-order valence-corrected chi connectivity index (χ1v) is 6.71. The van der Waals surface area contributed by atoms with Gasteiger partial charge in [0.05, 0.1) is 16.5 Å². The average molecular weight is 258 g/mol. The zero-order valence-electron chi connectivity index (χ0n) is 8.40. The van der Waals surface area contributed by atoms with Gasteiger partial charge in [-0.1, -0.05) is 6.92 Å². The topological polar surface area (TPSA) is 75.0 Å². The van der Waals surface area contributed by atoms with Gasteiger partial charge in [-0.3, -0.25) is 4.79 Å². The van der Waals surface area contributed by atoms with Gasteiger partial charge in [0.1, 0.15) is 0 Å². The van der Waals surface area contributed by atoms with Gasteiger partial charge in [-0.05, 0) is 24.1 Å². The Kier molecular flexibility index (Phi) is 3.68. The van der Waals surface area contributed by atoms with Crippen LogP contribution in [0.15, 0.2) is 17.0 Å². The van der Waals surface area contributed by atoms with Crippen molar-refractivity contribution in [1.82, 2.24) is 0 Å². The maximum Gasteiger partial charge on any atom is 0.262 e. The standard InChI is InChI=1S/C10H8ClNO3S/c1-2-7-4-10(16(11,14)15)9(6-13)3-8(7)5-12/h3-4,6H,2H2,1H3. The van der Waals surface area contributed by atoms with Crippen LogP contribution < -0.4 is 0 Å². The lowest BCUT2D eigenvalue weighted by Crippen LogP contribution is -2.01. The lowest BCUT2D eigenvalue weighted by Gasteiger charge is -2.06. The van der Waals surface area contributed by atoms with Gasteiger partial charge in [0.2, 0.25) is 0 Å². The minimum atomic E-state index is -3.97. The predicted octanol–water partition coefficient (Wildman–Crippen LogP) is 1.86. The number of nitriles is 1. The number of aryl methyl sites for hydroxylation is 1. The van der Waals surface area contributed by atoms with Crippen LogP contribution in [0.25, 0.3) is 0 Å². The summed E-state index contributed by atoms with van der Waals surface area (Å²) in [6.45, 7) is 1.78. The Morgan fingerprint density at radius 1 is 1.50 bits per heavy atom. The molecule has 4 nitrogen and oxygen atoms in total. The molecule has 0 atom stereocenters. The molecule has 0 aliphatic carbocycles. The lowest BCUT2D eigenvalue weighted by atomic mass is 10.0. The summed E-state index contributed by atoms with van der Waals surface area (Å²) in [5.74, 6) is 0. The van der Waals surface area contributed by atoms with Crippen LogP contribution in [-0.4, -0.2) is 14.7 Å². The lowest BCUT2D eigenvalue weighted by molar-refractivity contribution is 0.112. The van der Waals surface area contributed by atoms with Gasteiger partial charge in [-0.2, -0.15) is 5.26 Å². The second-order valence-electron chi connectivity index (χ2n) is 3.07. The molecule has 0 N–H and O–H groups in total. The Morgan fingerprint density at radius 2 is 2.12 bits per heavy atom. The summed E-state index contributed by atoms with van der Waals surface area (Å²) in [5, 5.41) is 8.81. The number of hydrogen-bond donors (Lipinski definition) is 0. The molecule has 1 rings (SSSR count). The van der Waals surface area contributed by atoms with Crippen LogP contribution in [0.3, 0.4) is 0 Å². The van der Waals surface area contributed by atoms with Crippen molar-refractivity contribution in [2.75, 3.05) is 0 Å². The van der Waals surface area contributed by atoms with Gasteiger partial charge in [0.15, 0.2) is 6.29 Å². The van der Waals surface area contributed by atoms with E-state index in [1.807, 2.05) is 6.07 Å². The van der Waals surface area contributed by atoms with Gasteiger partial charge in [0, 0.05) is 16.2 Å². The van der Waals surface area contributed by atoms with Crippen LogP contribution in [0, 0.1) is 11.3 Å². The quantitative estimate of drug-likeness (QED) is 0.612. The van der Waals surface area contributed by atoms with E-state index >= 15 is 0 Å². The summed E-state index contributed by atoms with van der Waals surface area (Å²) < 4.78 is 22.4. The van der Waals surface area contributed by atoms with E-state index in [1.165, 1.54) is 12.1 Å². The van der Waals surface area contributed by atoms with Crippen molar-refractivity contribution < 1.29 is 13.2 Å². The van der Waals surface area contributed by atoms with Crippen molar-refractivity contribution in [3.8, 4) is 6.07 Å². The minimum Gasteiger partial charge on any atom is -0.298 e.